The Morgan fingerprint density at radius 3 is 2.42 bits per heavy atom. The topological polar surface area (TPSA) is 60.9 Å². The highest BCUT2D eigenvalue weighted by molar-refractivity contribution is 7.88. The van der Waals surface area contributed by atoms with Crippen molar-refractivity contribution in [2.75, 3.05) is 32.4 Å². The lowest BCUT2D eigenvalue weighted by Crippen LogP contribution is -2.47. The minimum Gasteiger partial charge on any atom is -0.508 e. The molecule has 0 aliphatic carbocycles. The van der Waals surface area contributed by atoms with Gasteiger partial charge in [-0.1, -0.05) is 17.7 Å². The first-order valence-corrected chi connectivity index (χ1v) is 8.24. The van der Waals surface area contributed by atoms with Gasteiger partial charge in [0.1, 0.15) is 5.75 Å². The molecule has 19 heavy (non-hydrogen) atoms. The molecule has 1 aliphatic rings. The average Bonchev–Trinajstić information content (AvgIpc) is 2.33. The zero-order chi connectivity index (χ0) is 14.0. The van der Waals surface area contributed by atoms with Crippen LogP contribution in [0.25, 0.3) is 0 Å². The van der Waals surface area contributed by atoms with E-state index in [2.05, 4.69) is 4.90 Å². The molecular formula is C12H17ClN2O3S. The van der Waals surface area contributed by atoms with Crippen molar-refractivity contribution < 1.29 is 13.5 Å². The van der Waals surface area contributed by atoms with E-state index >= 15 is 0 Å². The summed E-state index contributed by atoms with van der Waals surface area (Å²) in [5, 5.41) is 10.3. The molecule has 106 valence electrons. The molecule has 0 atom stereocenters. The van der Waals surface area contributed by atoms with Crippen LogP contribution < -0.4 is 0 Å². The van der Waals surface area contributed by atoms with Crippen LogP contribution in [0.15, 0.2) is 18.2 Å². The lowest BCUT2D eigenvalue weighted by atomic mass is 10.1. The van der Waals surface area contributed by atoms with Crippen molar-refractivity contribution >= 4 is 21.6 Å². The number of hydrogen-bond donors (Lipinski definition) is 1. The first-order valence-electron chi connectivity index (χ1n) is 6.02. The van der Waals surface area contributed by atoms with E-state index in [0.717, 1.165) is 0 Å². The molecule has 0 spiro atoms. The van der Waals surface area contributed by atoms with E-state index in [4.69, 9.17) is 11.6 Å². The molecular weight excluding hydrogens is 288 g/mol. The van der Waals surface area contributed by atoms with Crippen LogP contribution in [-0.4, -0.2) is 55.2 Å². The number of aromatic hydroxyl groups is 1. The second-order valence-electron chi connectivity index (χ2n) is 4.68. The van der Waals surface area contributed by atoms with Gasteiger partial charge >= 0.3 is 0 Å². The highest BCUT2D eigenvalue weighted by atomic mass is 35.5. The van der Waals surface area contributed by atoms with Crippen LogP contribution in [0.3, 0.4) is 0 Å². The molecule has 0 unspecified atom stereocenters. The fraction of sp³-hybridized carbons (Fsp3) is 0.500. The summed E-state index contributed by atoms with van der Waals surface area (Å²) in [6.45, 7) is 2.76. The standard InChI is InChI=1S/C12H17ClN2O3S/c1-19(17,18)15-7-5-14(6-8-15)9-10-11(13)3-2-4-12(10)16/h2-4,16H,5-9H2,1H3. The number of piperazine rings is 1. The number of phenols is 1. The van der Waals surface area contributed by atoms with Crippen LogP contribution in [0.4, 0.5) is 0 Å². The van der Waals surface area contributed by atoms with Gasteiger partial charge in [-0.15, -0.1) is 0 Å². The summed E-state index contributed by atoms with van der Waals surface area (Å²) in [4.78, 5) is 2.09. The molecule has 0 bridgehead atoms. The third-order valence-electron chi connectivity index (χ3n) is 3.28. The van der Waals surface area contributed by atoms with Crippen molar-refractivity contribution in [2.24, 2.45) is 0 Å². The van der Waals surface area contributed by atoms with Gasteiger partial charge in [-0.2, -0.15) is 4.31 Å². The van der Waals surface area contributed by atoms with E-state index in [9.17, 15) is 13.5 Å². The van der Waals surface area contributed by atoms with Gasteiger partial charge in [-0.3, -0.25) is 4.90 Å². The third kappa shape index (κ3) is 3.60. The lowest BCUT2D eigenvalue weighted by Gasteiger charge is -2.33. The molecule has 1 saturated heterocycles. The Hall–Kier alpha value is -0.820. The maximum atomic E-state index is 11.4. The summed E-state index contributed by atoms with van der Waals surface area (Å²) in [6.07, 6.45) is 1.22. The van der Waals surface area contributed by atoms with Gasteiger partial charge in [-0.05, 0) is 12.1 Å². The quantitative estimate of drug-likeness (QED) is 0.909. The van der Waals surface area contributed by atoms with Crippen LogP contribution in [0, 0.1) is 0 Å². The molecule has 0 saturated carbocycles. The summed E-state index contributed by atoms with van der Waals surface area (Å²) in [5.41, 5.74) is 0.692. The molecule has 1 aromatic rings. The van der Waals surface area contributed by atoms with Crippen molar-refractivity contribution in [2.45, 2.75) is 6.54 Å². The number of hydrogen-bond acceptors (Lipinski definition) is 4. The van der Waals surface area contributed by atoms with E-state index in [1.54, 1.807) is 18.2 Å². The fourth-order valence-corrected chi connectivity index (χ4v) is 3.20. The molecule has 0 aromatic heterocycles. The molecule has 1 heterocycles. The molecule has 1 fully saturated rings. The van der Waals surface area contributed by atoms with Crippen molar-refractivity contribution in [3.05, 3.63) is 28.8 Å². The summed E-state index contributed by atoms with van der Waals surface area (Å²) in [5.74, 6) is 0.179. The minimum absolute atomic E-state index is 0.179. The normalized spacial score (nSPS) is 18.6. The Bertz CT molecular complexity index is 534. The number of rotatable bonds is 3. The monoisotopic (exact) mass is 304 g/mol. The van der Waals surface area contributed by atoms with E-state index in [-0.39, 0.29) is 5.75 Å². The van der Waals surface area contributed by atoms with Crippen LogP contribution in [0.5, 0.6) is 5.75 Å². The van der Waals surface area contributed by atoms with Gasteiger partial charge in [0.2, 0.25) is 10.0 Å². The van der Waals surface area contributed by atoms with Crippen LogP contribution in [0.1, 0.15) is 5.56 Å². The molecule has 0 radical (unpaired) electrons. The van der Waals surface area contributed by atoms with Crippen molar-refractivity contribution in [3.8, 4) is 5.75 Å². The summed E-state index contributed by atoms with van der Waals surface area (Å²) in [6, 6.07) is 5.04. The summed E-state index contributed by atoms with van der Waals surface area (Å²) >= 11 is 6.06. The summed E-state index contributed by atoms with van der Waals surface area (Å²) < 4.78 is 24.3. The first-order chi connectivity index (χ1) is 8.88. The van der Waals surface area contributed by atoms with Gasteiger partial charge in [0.05, 0.1) is 6.26 Å². The Morgan fingerprint density at radius 2 is 1.89 bits per heavy atom. The Labute approximate surface area is 118 Å². The maximum Gasteiger partial charge on any atom is 0.211 e. The smallest absolute Gasteiger partial charge is 0.211 e. The zero-order valence-electron chi connectivity index (χ0n) is 10.7. The SMILES string of the molecule is CS(=O)(=O)N1CCN(Cc2c(O)cccc2Cl)CC1. The lowest BCUT2D eigenvalue weighted by molar-refractivity contribution is 0.180. The Morgan fingerprint density at radius 1 is 1.26 bits per heavy atom. The predicted octanol–water partition coefficient (Wildman–Crippen LogP) is 1.12. The molecule has 1 aromatic carbocycles. The van der Waals surface area contributed by atoms with Crippen molar-refractivity contribution in [1.82, 2.24) is 9.21 Å². The molecule has 5 nitrogen and oxygen atoms in total. The minimum atomic E-state index is -3.11. The maximum absolute atomic E-state index is 11.4. The molecule has 7 heteroatoms. The van der Waals surface area contributed by atoms with Gasteiger partial charge in [0, 0.05) is 43.3 Å². The molecule has 1 N–H and O–H groups in total. The third-order valence-corrected chi connectivity index (χ3v) is 4.93. The van der Waals surface area contributed by atoms with Gasteiger partial charge in [-0.25, -0.2) is 8.42 Å². The molecule has 0 amide bonds. The van der Waals surface area contributed by atoms with E-state index in [1.165, 1.54) is 10.6 Å². The van der Waals surface area contributed by atoms with Crippen LogP contribution in [-0.2, 0) is 16.6 Å². The number of halogens is 1. The average molecular weight is 305 g/mol. The number of nitrogens with zero attached hydrogens (tertiary/aromatic N) is 2. The van der Waals surface area contributed by atoms with Crippen molar-refractivity contribution in [1.29, 1.82) is 0 Å². The number of phenolic OH excluding ortho intramolecular Hbond substituents is 1. The Balaban J connectivity index is 2.00. The van der Waals surface area contributed by atoms with Crippen molar-refractivity contribution in [3.63, 3.8) is 0 Å². The predicted molar refractivity (Wildman–Crippen MR) is 74.8 cm³/mol. The number of benzene rings is 1. The zero-order valence-corrected chi connectivity index (χ0v) is 12.3. The van der Waals surface area contributed by atoms with E-state index < -0.39 is 10.0 Å². The van der Waals surface area contributed by atoms with E-state index in [0.29, 0.717) is 43.3 Å². The van der Waals surface area contributed by atoms with Crippen LogP contribution >= 0.6 is 11.6 Å². The van der Waals surface area contributed by atoms with E-state index in [1.807, 2.05) is 0 Å². The second kappa shape index (κ2) is 5.66. The Kier molecular flexibility index (Phi) is 4.35. The van der Waals surface area contributed by atoms with Crippen LogP contribution in [0.2, 0.25) is 5.02 Å². The summed E-state index contributed by atoms with van der Waals surface area (Å²) in [7, 11) is -3.11. The number of sulfonamides is 1. The second-order valence-corrected chi connectivity index (χ2v) is 7.07. The van der Waals surface area contributed by atoms with Gasteiger partial charge in [0.15, 0.2) is 0 Å². The molecule has 2 rings (SSSR count). The first kappa shape index (κ1) is 14.6. The van der Waals surface area contributed by atoms with Gasteiger partial charge < -0.3 is 5.11 Å². The fourth-order valence-electron chi connectivity index (χ4n) is 2.15. The highest BCUT2D eigenvalue weighted by Crippen LogP contribution is 2.27. The largest absolute Gasteiger partial charge is 0.508 e. The molecule has 1 aliphatic heterocycles. The van der Waals surface area contributed by atoms with Gasteiger partial charge in [0.25, 0.3) is 0 Å². The highest BCUT2D eigenvalue weighted by Gasteiger charge is 2.24.